The molecular weight excluding hydrogens is 410 g/mol. The van der Waals surface area contributed by atoms with Gasteiger partial charge in [-0.15, -0.1) is 0 Å². The van der Waals surface area contributed by atoms with Crippen molar-refractivity contribution in [3.8, 4) is 0 Å². The van der Waals surface area contributed by atoms with Crippen LogP contribution < -0.4 is 9.62 Å². The maximum absolute atomic E-state index is 13.1. The number of piperazine rings is 1. The molecule has 1 saturated heterocycles. The maximum Gasteiger partial charge on any atom is 0.261 e. The van der Waals surface area contributed by atoms with Crippen molar-refractivity contribution in [3.63, 3.8) is 0 Å². The molecule has 1 N–H and O–H groups in total. The van der Waals surface area contributed by atoms with Gasteiger partial charge in [-0.05, 0) is 48.9 Å². The molecule has 0 atom stereocenters. The summed E-state index contributed by atoms with van der Waals surface area (Å²) >= 11 is 0. The van der Waals surface area contributed by atoms with Crippen LogP contribution in [0.1, 0.15) is 15.9 Å². The van der Waals surface area contributed by atoms with E-state index in [1.165, 1.54) is 0 Å². The van der Waals surface area contributed by atoms with Gasteiger partial charge in [-0.1, -0.05) is 42.5 Å². The highest BCUT2D eigenvalue weighted by Gasteiger charge is 2.23. The highest BCUT2D eigenvalue weighted by atomic mass is 32.2. The standard InChI is InChI=1S/C24H25N3O3S/c1-19-12-13-20(18-23(19)25-31(29,30)22-10-6-3-7-11-22)24(28)27-16-14-26(15-17-27)21-8-4-2-5-9-21/h2-13,18,25H,14-17H2,1H3. The third-order valence-electron chi connectivity index (χ3n) is 5.47. The lowest BCUT2D eigenvalue weighted by atomic mass is 10.1. The van der Waals surface area contributed by atoms with E-state index in [1.54, 1.807) is 48.5 Å². The van der Waals surface area contributed by atoms with Crippen LogP contribution in [-0.4, -0.2) is 45.4 Å². The number of nitrogens with zero attached hydrogens (tertiary/aromatic N) is 2. The Morgan fingerprint density at radius 3 is 2.10 bits per heavy atom. The molecule has 0 aliphatic carbocycles. The average Bonchev–Trinajstić information content (AvgIpc) is 2.81. The van der Waals surface area contributed by atoms with E-state index in [0.717, 1.165) is 24.3 Å². The molecule has 1 aliphatic heterocycles. The molecule has 0 spiro atoms. The fraction of sp³-hybridized carbons (Fsp3) is 0.208. The summed E-state index contributed by atoms with van der Waals surface area (Å²) < 4.78 is 28.0. The summed E-state index contributed by atoms with van der Waals surface area (Å²) in [7, 11) is -3.72. The molecule has 0 unspecified atom stereocenters. The third kappa shape index (κ3) is 4.72. The van der Waals surface area contributed by atoms with Crippen LogP contribution in [0.2, 0.25) is 0 Å². The van der Waals surface area contributed by atoms with Crippen molar-refractivity contribution in [1.29, 1.82) is 0 Å². The van der Waals surface area contributed by atoms with Crippen LogP contribution in [0.4, 0.5) is 11.4 Å². The molecule has 3 aromatic carbocycles. The predicted molar refractivity (Wildman–Crippen MR) is 123 cm³/mol. The van der Waals surface area contributed by atoms with Gasteiger partial charge in [0.15, 0.2) is 0 Å². The van der Waals surface area contributed by atoms with Crippen molar-refractivity contribution in [2.75, 3.05) is 35.8 Å². The lowest BCUT2D eigenvalue weighted by Gasteiger charge is -2.36. The number of sulfonamides is 1. The zero-order valence-electron chi connectivity index (χ0n) is 17.4. The van der Waals surface area contributed by atoms with Gasteiger partial charge in [-0.25, -0.2) is 8.42 Å². The minimum absolute atomic E-state index is 0.0899. The number of rotatable bonds is 5. The van der Waals surface area contributed by atoms with E-state index in [1.807, 2.05) is 30.0 Å². The number of aryl methyl sites for hydroxylation is 1. The summed E-state index contributed by atoms with van der Waals surface area (Å²) in [6, 6.07) is 23.5. The Morgan fingerprint density at radius 2 is 1.45 bits per heavy atom. The van der Waals surface area contributed by atoms with Crippen LogP contribution in [0.15, 0.2) is 83.8 Å². The molecule has 0 aromatic heterocycles. The Hall–Kier alpha value is -3.32. The lowest BCUT2D eigenvalue weighted by Crippen LogP contribution is -2.48. The Balaban J connectivity index is 1.47. The summed E-state index contributed by atoms with van der Waals surface area (Å²) in [5, 5.41) is 0. The van der Waals surface area contributed by atoms with Crippen LogP contribution >= 0.6 is 0 Å². The van der Waals surface area contributed by atoms with Crippen molar-refractivity contribution in [1.82, 2.24) is 4.90 Å². The maximum atomic E-state index is 13.1. The van der Waals surface area contributed by atoms with Crippen molar-refractivity contribution < 1.29 is 13.2 Å². The van der Waals surface area contributed by atoms with E-state index in [0.29, 0.717) is 24.3 Å². The van der Waals surface area contributed by atoms with Gasteiger partial charge in [-0.3, -0.25) is 9.52 Å². The normalized spacial score (nSPS) is 14.4. The molecule has 1 amide bonds. The SMILES string of the molecule is Cc1ccc(C(=O)N2CCN(c3ccccc3)CC2)cc1NS(=O)(=O)c1ccccc1. The summed E-state index contributed by atoms with van der Waals surface area (Å²) in [4.78, 5) is 17.3. The molecule has 3 aromatic rings. The largest absolute Gasteiger partial charge is 0.368 e. The summed E-state index contributed by atoms with van der Waals surface area (Å²) in [6.45, 7) is 4.57. The van der Waals surface area contributed by atoms with Crippen LogP contribution in [0.5, 0.6) is 0 Å². The highest BCUT2D eigenvalue weighted by Crippen LogP contribution is 2.23. The van der Waals surface area contributed by atoms with Gasteiger partial charge in [0.2, 0.25) is 0 Å². The average molecular weight is 436 g/mol. The minimum atomic E-state index is -3.72. The number of carbonyl (C=O) groups excluding carboxylic acids is 1. The monoisotopic (exact) mass is 435 g/mol. The Bertz CT molecular complexity index is 1160. The zero-order valence-corrected chi connectivity index (χ0v) is 18.2. The number of benzene rings is 3. The van der Waals surface area contributed by atoms with Gasteiger partial charge in [0.25, 0.3) is 15.9 Å². The van der Waals surface area contributed by atoms with Gasteiger partial charge in [0.05, 0.1) is 10.6 Å². The van der Waals surface area contributed by atoms with Gasteiger partial charge >= 0.3 is 0 Å². The van der Waals surface area contributed by atoms with E-state index in [9.17, 15) is 13.2 Å². The van der Waals surface area contributed by atoms with Crippen molar-refractivity contribution in [2.24, 2.45) is 0 Å². The van der Waals surface area contributed by atoms with E-state index >= 15 is 0 Å². The zero-order chi connectivity index (χ0) is 21.8. The molecule has 1 heterocycles. The summed E-state index contributed by atoms with van der Waals surface area (Å²) in [6.07, 6.45) is 0. The topological polar surface area (TPSA) is 69.7 Å². The fourth-order valence-corrected chi connectivity index (χ4v) is 4.80. The second-order valence-electron chi connectivity index (χ2n) is 7.56. The first kappa shape index (κ1) is 20.9. The van der Waals surface area contributed by atoms with Crippen LogP contribution in [0, 0.1) is 6.92 Å². The Morgan fingerprint density at radius 1 is 0.839 bits per heavy atom. The second-order valence-corrected chi connectivity index (χ2v) is 9.25. The van der Waals surface area contributed by atoms with Crippen LogP contribution in [0.3, 0.4) is 0 Å². The number of anilines is 2. The Labute approximate surface area is 183 Å². The quantitative estimate of drug-likeness (QED) is 0.663. The van der Waals surface area contributed by atoms with E-state index in [-0.39, 0.29) is 10.8 Å². The number of para-hydroxylation sites is 1. The molecule has 7 heteroatoms. The predicted octanol–water partition coefficient (Wildman–Crippen LogP) is 3.76. The first-order valence-corrected chi connectivity index (χ1v) is 11.7. The number of hydrogen-bond acceptors (Lipinski definition) is 4. The molecular formula is C24H25N3O3S. The smallest absolute Gasteiger partial charge is 0.261 e. The van der Waals surface area contributed by atoms with Gasteiger partial charge in [0.1, 0.15) is 0 Å². The Kier molecular flexibility index (Phi) is 5.95. The first-order valence-electron chi connectivity index (χ1n) is 10.2. The second kappa shape index (κ2) is 8.81. The molecule has 4 rings (SSSR count). The number of hydrogen-bond donors (Lipinski definition) is 1. The molecule has 31 heavy (non-hydrogen) atoms. The molecule has 0 saturated carbocycles. The molecule has 1 fully saturated rings. The molecule has 1 aliphatic rings. The molecule has 0 bridgehead atoms. The first-order chi connectivity index (χ1) is 14.9. The summed E-state index contributed by atoms with van der Waals surface area (Å²) in [5.41, 5.74) is 2.80. The number of nitrogens with one attached hydrogen (secondary N) is 1. The number of amides is 1. The molecule has 6 nitrogen and oxygen atoms in total. The van der Waals surface area contributed by atoms with E-state index in [4.69, 9.17) is 0 Å². The van der Waals surface area contributed by atoms with E-state index in [2.05, 4.69) is 21.8 Å². The van der Waals surface area contributed by atoms with Gasteiger partial charge in [0, 0.05) is 37.4 Å². The van der Waals surface area contributed by atoms with Gasteiger partial charge in [-0.2, -0.15) is 0 Å². The fourth-order valence-electron chi connectivity index (χ4n) is 3.66. The minimum Gasteiger partial charge on any atom is -0.368 e. The lowest BCUT2D eigenvalue weighted by molar-refractivity contribution is 0.0747. The van der Waals surface area contributed by atoms with Crippen molar-refractivity contribution in [3.05, 3.63) is 90.0 Å². The van der Waals surface area contributed by atoms with Crippen molar-refractivity contribution >= 4 is 27.3 Å². The van der Waals surface area contributed by atoms with Crippen LogP contribution in [-0.2, 0) is 10.0 Å². The highest BCUT2D eigenvalue weighted by molar-refractivity contribution is 7.92. The molecule has 0 radical (unpaired) electrons. The third-order valence-corrected chi connectivity index (χ3v) is 6.85. The molecule has 160 valence electrons. The van der Waals surface area contributed by atoms with Crippen molar-refractivity contribution in [2.45, 2.75) is 11.8 Å². The summed E-state index contributed by atoms with van der Waals surface area (Å²) in [5.74, 6) is -0.0899. The van der Waals surface area contributed by atoms with Gasteiger partial charge < -0.3 is 9.80 Å². The number of carbonyl (C=O) groups is 1. The van der Waals surface area contributed by atoms with E-state index < -0.39 is 10.0 Å². The van der Waals surface area contributed by atoms with Crippen LogP contribution in [0.25, 0.3) is 0 Å².